The van der Waals surface area contributed by atoms with Gasteiger partial charge in [0.25, 0.3) is 10.0 Å². The number of sulfonamides is 1. The van der Waals surface area contributed by atoms with E-state index in [9.17, 15) is 8.42 Å². The minimum atomic E-state index is -3.72. The molecule has 0 bridgehead atoms. The van der Waals surface area contributed by atoms with Crippen molar-refractivity contribution in [2.45, 2.75) is 24.3 Å². The molecular formula is C25H28N2O4S. The van der Waals surface area contributed by atoms with E-state index < -0.39 is 10.0 Å². The van der Waals surface area contributed by atoms with Gasteiger partial charge in [-0.25, -0.2) is 8.42 Å². The van der Waals surface area contributed by atoms with Crippen LogP contribution in [0.4, 0.5) is 5.69 Å². The molecule has 0 unspecified atom stereocenters. The standard InChI is InChI=1S/C25H28N2O4S/c1-30-21-12-13-25(31-2)23(17-21)19-10-11-20(18-27-14-6-7-15-27)24(16-19)26-32(28,29)22-8-4-3-5-9-22/h3-5,8-13,16-17,26H,6-7,14-15,18H2,1-2H3. The van der Waals surface area contributed by atoms with Gasteiger partial charge >= 0.3 is 0 Å². The van der Waals surface area contributed by atoms with Gasteiger partial charge in [-0.2, -0.15) is 0 Å². The van der Waals surface area contributed by atoms with Gasteiger partial charge in [-0.05, 0) is 73.5 Å². The van der Waals surface area contributed by atoms with Gasteiger partial charge < -0.3 is 9.47 Å². The van der Waals surface area contributed by atoms with Crippen molar-refractivity contribution in [2.75, 3.05) is 32.0 Å². The zero-order chi connectivity index (χ0) is 22.6. The van der Waals surface area contributed by atoms with Crippen molar-refractivity contribution in [3.05, 3.63) is 72.3 Å². The Hall–Kier alpha value is -3.03. The van der Waals surface area contributed by atoms with Gasteiger partial charge in [0, 0.05) is 12.1 Å². The molecule has 1 aliphatic rings. The average Bonchev–Trinajstić information content (AvgIpc) is 3.33. The van der Waals surface area contributed by atoms with Gasteiger partial charge in [-0.1, -0.05) is 30.3 Å². The minimum Gasteiger partial charge on any atom is -0.497 e. The van der Waals surface area contributed by atoms with Crippen molar-refractivity contribution in [1.82, 2.24) is 4.90 Å². The van der Waals surface area contributed by atoms with Crippen molar-refractivity contribution < 1.29 is 17.9 Å². The third-order valence-electron chi connectivity index (χ3n) is 5.72. The smallest absolute Gasteiger partial charge is 0.261 e. The van der Waals surface area contributed by atoms with Gasteiger partial charge in [-0.3, -0.25) is 9.62 Å². The highest BCUT2D eigenvalue weighted by molar-refractivity contribution is 7.92. The van der Waals surface area contributed by atoms with Gasteiger partial charge in [0.1, 0.15) is 11.5 Å². The van der Waals surface area contributed by atoms with E-state index in [2.05, 4.69) is 9.62 Å². The summed E-state index contributed by atoms with van der Waals surface area (Å²) in [5.74, 6) is 1.39. The number of ether oxygens (including phenoxy) is 2. The Morgan fingerprint density at radius 3 is 2.34 bits per heavy atom. The Bertz CT molecular complexity index is 1170. The molecule has 32 heavy (non-hydrogen) atoms. The van der Waals surface area contributed by atoms with Crippen LogP contribution in [0.2, 0.25) is 0 Å². The summed E-state index contributed by atoms with van der Waals surface area (Å²) in [5, 5.41) is 0. The molecule has 0 aliphatic carbocycles. The third kappa shape index (κ3) is 4.89. The molecule has 0 amide bonds. The predicted octanol–water partition coefficient (Wildman–Crippen LogP) is 4.77. The first-order valence-electron chi connectivity index (χ1n) is 10.7. The highest BCUT2D eigenvalue weighted by Crippen LogP contribution is 2.36. The fraction of sp³-hybridized carbons (Fsp3) is 0.280. The summed E-state index contributed by atoms with van der Waals surface area (Å²) in [6.45, 7) is 2.74. The van der Waals surface area contributed by atoms with Crippen LogP contribution in [0.25, 0.3) is 11.1 Å². The monoisotopic (exact) mass is 452 g/mol. The molecule has 1 N–H and O–H groups in total. The maximum atomic E-state index is 13.1. The van der Waals surface area contributed by atoms with Crippen LogP contribution < -0.4 is 14.2 Å². The molecule has 0 saturated carbocycles. The summed E-state index contributed by atoms with van der Waals surface area (Å²) in [4.78, 5) is 2.58. The van der Waals surface area contributed by atoms with E-state index >= 15 is 0 Å². The summed E-state index contributed by atoms with van der Waals surface area (Å²) in [7, 11) is -0.489. The summed E-state index contributed by atoms with van der Waals surface area (Å²) in [6, 6.07) is 19.9. The maximum absolute atomic E-state index is 13.1. The molecule has 3 aromatic carbocycles. The lowest BCUT2D eigenvalue weighted by molar-refractivity contribution is 0.332. The van der Waals surface area contributed by atoms with Gasteiger partial charge in [0.2, 0.25) is 0 Å². The van der Waals surface area contributed by atoms with E-state index in [1.54, 1.807) is 44.6 Å². The number of benzene rings is 3. The molecule has 1 aliphatic heterocycles. The first-order valence-corrected chi connectivity index (χ1v) is 12.1. The number of likely N-dealkylation sites (tertiary alicyclic amines) is 1. The van der Waals surface area contributed by atoms with E-state index in [1.807, 2.05) is 36.4 Å². The lowest BCUT2D eigenvalue weighted by Crippen LogP contribution is -2.21. The number of nitrogens with one attached hydrogen (secondary N) is 1. The second-order valence-corrected chi connectivity index (χ2v) is 9.52. The van der Waals surface area contributed by atoms with Gasteiger partial charge in [-0.15, -0.1) is 0 Å². The van der Waals surface area contributed by atoms with E-state index in [0.717, 1.165) is 29.8 Å². The van der Waals surface area contributed by atoms with Crippen molar-refractivity contribution in [2.24, 2.45) is 0 Å². The quantitative estimate of drug-likeness (QED) is 0.533. The summed E-state index contributed by atoms with van der Waals surface area (Å²) < 4.78 is 39.9. The minimum absolute atomic E-state index is 0.233. The van der Waals surface area contributed by atoms with Crippen molar-refractivity contribution >= 4 is 15.7 Å². The van der Waals surface area contributed by atoms with E-state index in [0.29, 0.717) is 23.7 Å². The highest BCUT2D eigenvalue weighted by Gasteiger charge is 2.20. The molecule has 7 heteroatoms. The molecule has 168 valence electrons. The molecule has 0 radical (unpaired) electrons. The molecule has 6 nitrogen and oxygen atoms in total. The zero-order valence-electron chi connectivity index (χ0n) is 18.4. The van der Waals surface area contributed by atoms with Crippen LogP contribution in [0.3, 0.4) is 0 Å². The second kappa shape index (κ2) is 9.63. The Kier molecular flexibility index (Phi) is 6.67. The number of nitrogens with zero attached hydrogens (tertiary/aromatic N) is 1. The zero-order valence-corrected chi connectivity index (χ0v) is 19.2. The molecule has 3 aromatic rings. The molecule has 0 spiro atoms. The fourth-order valence-corrected chi connectivity index (χ4v) is 5.11. The lowest BCUT2D eigenvalue weighted by atomic mass is 10.0. The van der Waals surface area contributed by atoms with Crippen molar-refractivity contribution in [1.29, 1.82) is 0 Å². The van der Waals surface area contributed by atoms with Crippen LogP contribution in [-0.2, 0) is 16.6 Å². The molecule has 1 heterocycles. The molecule has 0 atom stereocenters. The summed E-state index contributed by atoms with van der Waals surface area (Å²) in [5.41, 5.74) is 3.19. The van der Waals surface area contributed by atoms with Crippen LogP contribution in [0.15, 0.2) is 71.6 Å². The Balaban J connectivity index is 1.76. The second-order valence-electron chi connectivity index (χ2n) is 7.84. The number of hydrogen-bond acceptors (Lipinski definition) is 5. The van der Waals surface area contributed by atoms with Crippen LogP contribution in [0.5, 0.6) is 11.5 Å². The van der Waals surface area contributed by atoms with E-state index in [-0.39, 0.29) is 4.90 Å². The highest BCUT2D eigenvalue weighted by atomic mass is 32.2. The lowest BCUT2D eigenvalue weighted by Gasteiger charge is -2.20. The summed E-state index contributed by atoms with van der Waals surface area (Å²) in [6.07, 6.45) is 2.34. The van der Waals surface area contributed by atoms with E-state index in [4.69, 9.17) is 9.47 Å². The van der Waals surface area contributed by atoms with Crippen LogP contribution in [0, 0.1) is 0 Å². The van der Waals surface area contributed by atoms with Gasteiger partial charge in [0.15, 0.2) is 0 Å². The van der Waals surface area contributed by atoms with Crippen LogP contribution in [-0.4, -0.2) is 40.6 Å². The van der Waals surface area contributed by atoms with Crippen molar-refractivity contribution in [3.63, 3.8) is 0 Å². The number of methoxy groups -OCH3 is 2. The fourth-order valence-electron chi connectivity index (χ4n) is 4.00. The third-order valence-corrected chi connectivity index (χ3v) is 7.10. The SMILES string of the molecule is COc1ccc(OC)c(-c2ccc(CN3CCCC3)c(NS(=O)(=O)c3ccccc3)c2)c1. The number of rotatable bonds is 8. The van der Waals surface area contributed by atoms with Gasteiger partial charge in [0.05, 0.1) is 24.8 Å². The Labute approximate surface area is 189 Å². The predicted molar refractivity (Wildman–Crippen MR) is 127 cm³/mol. The molecular weight excluding hydrogens is 424 g/mol. The summed E-state index contributed by atoms with van der Waals surface area (Å²) >= 11 is 0. The topological polar surface area (TPSA) is 67.9 Å². The van der Waals surface area contributed by atoms with Crippen LogP contribution in [0.1, 0.15) is 18.4 Å². The molecule has 1 fully saturated rings. The van der Waals surface area contributed by atoms with Crippen molar-refractivity contribution in [3.8, 4) is 22.6 Å². The number of anilines is 1. The van der Waals surface area contributed by atoms with Crippen LogP contribution >= 0.6 is 0 Å². The first-order chi connectivity index (χ1) is 15.5. The Morgan fingerprint density at radius 1 is 0.906 bits per heavy atom. The largest absolute Gasteiger partial charge is 0.497 e. The molecule has 0 aromatic heterocycles. The maximum Gasteiger partial charge on any atom is 0.261 e. The molecule has 4 rings (SSSR count). The Morgan fingerprint density at radius 2 is 1.66 bits per heavy atom. The normalized spacial score (nSPS) is 14.3. The molecule has 1 saturated heterocycles. The first kappa shape index (κ1) is 22.2. The van der Waals surface area contributed by atoms with E-state index in [1.165, 1.54) is 12.8 Å². The number of hydrogen-bond donors (Lipinski definition) is 1. The average molecular weight is 453 g/mol.